The molecule has 40 heavy (non-hydrogen) atoms. The molecule has 1 saturated heterocycles. The molecule has 12 heteroatoms. The smallest absolute Gasteiger partial charge is 0.383 e. The first kappa shape index (κ1) is 28.4. The molecular formula is C28H29F3N8O. The first-order chi connectivity index (χ1) is 19.0. The van der Waals surface area contributed by atoms with E-state index < -0.39 is 17.8 Å². The molecule has 208 valence electrons. The molecule has 2 aromatic carbocycles. The number of likely N-dealkylation sites (tertiary alicyclic amines) is 1. The van der Waals surface area contributed by atoms with Crippen molar-refractivity contribution < 1.29 is 18.0 Å². The normalized spacial score (nSPS) is 14.1. The lowest BCUT2D eigenvalue weighted by Gasteiger charge is -2.30. The van der Waals surface area contributed by atoms with E-state index >= 15 is 0 Å². The number of halogens is 3. The summed E-state index contributed by atoms with van der Waals surface area (Å²) in [7, 11) is 2.07. The molecule has 9 nitrogen and oxygen atoms in total. The molecule has 0 unspecified atom stereocenters. The molecule has 1 fully saturated rings. The summed E-state index contributed by atoms with van der Waals surface area (Å²) in [5.74, 6) is 6.36. The third-order valence-corrected chi connectivity index (χ3v) is 6.45. The maximum Gasteiger partial charge on any atom is 0.416 e. The van der Waals surface area contributed by atoms with Crippen LogP contribution in [0.2, 0.25) is 0 Å². The molecule has 0 aliphatic carbocycles. The van der Waals surface area contributed by atoms with Crippen LogP contribution >= 0.6 is 0 Å². The van der Waals surface area contributed by atoms with Crippen LogP contribution in [0.25, 0.3) is 0 Å². The number of aryl methyl sites for hydroxylation is 1. The fourth-order valence-electron chi connectivity index (χ4n) is 4.19. The number of anilines is 4. The molecule has 2 amide bonds. The Hall–Kier alpha value is -4.63. The van der Waals surface area contributed by atoms with Gasteiger partial charge in [-0.15, -0.1) is 0 Å². The Morgan fingerprint density at radius 2 is 1.80 bits per heavy atom. The second-order valence-electron chi connectivity index (χ2n) is 9.52. The van der Waals surface area contributed by atoms with E-state index in [0.29, 0.717) is 22.6 Å². The van der Waals surface area contributed by atoms with Gasteiger partial charge in [0, 0.05) is 23.0 Å². The van der Waals surface area contributed by atoms with Gasteiger partial charge in [0.2, 0.25) is 0 Å². The summed E-state index contributed by atoms with van der Waals surface area (Å²) in [6, 6.07) is 8.83. The van der Waals surface area contributed by atoms with Crippen molar-refractivity contribution in [1.82, 2.24) is 14.9 Å². The van der Waals surface area contributed by atoms with Gasteiger partial charge in [-0.25, -0.2) is 14.8 Å². The van der Waals surface area contributed by atoms with Crippen molar-refractivity contribution in [2.75, 3.05) is 41.8 Å². The number of rotatable bonds is 5. The molecule has 3 aromatic rings. The molecule has 1 aliphatic rings. The summed E-state index contributed by atoms with van der Waals surface area (Å²) < 4.78 is 38.9. The molecule has 0 atom stereocenters. The Labute approximate surface area is 229 Å². The second kappa shape index (κ2) is 12.0. The average Bonchev–Trinajstić information content (AvgIpc) is 2.90. The molecule has 4 rings (SSSR count). The number of hydrogen-bond donors (Lipinski definition) is 5. The van der Waals surface area contributed by atoms with Gasteiger partial charge in [0.25, 0.3) is 0 Å². The van der Waals surface area contributed by atoms with E-state index in [4.69, 9.17) is 11.1 Å². The van der Waals surface area contributed by atoms with Crippen LogP contribution in [-0.4, -0.2) is 52.8 Å². The van der Waals surface area contributed by atoms with E-state index in [2.05, 4.69) is 49.7 Å². The molecule has 1 aliphatic heterocycles. The number of carbonyl (C=O) groups excluding carboxylic acids is 1. The number of nitrogen functional groups attached to an aromatic ring is 1. The number of aromatic nitrogens is 2. The average molecular weight is 551 g/mol. The van der Waals surface area contributed by atoms with Gasteiger partial charge in [-0.2, -0.15) is 13.2 Å². The SMILES string of the molecule is Cc1ccc(NC(=O)Nc2cccc(C(F)(F)F)c2)cc1C#CC(=N)c1c(N)ncnc1NC1CCN(C)CC1. The minimum absolute atomic E-state index is 0.000212. The van der Waals surface area contributed by atoms with Gasteiger partial charge in [-0.05, 0) is 81.7 Å². The van der Waals surface area contributed by atoms with E-state index in [9.17, 15) is 18.0 Å². The Kier molecular flexibility index (Phi) is 8.55. The van der Waals surface area contributed by atoms with E-state index in [1.807, 2.05) is 6.92 Å². The molecule has 2 heterocycles. The molecule has 1 aromatic heterocycles. The van der Waals surface area contributed by atoms with Crippen LogP contribution in [0.1, 0.15) is 35.1 Å². The summed E-state index contributed by atoms with van der Waals surface area (Å²) in [6.07, 6.45) is -1.31. The van der Waals surface area contributed by atoms with Crippen LogP contribution in [0.5, 0.6) is 0 Å². The summed E-state index contributed by atoms with van der Waals surface area (Å²) in [5, 5.41) is 17.0. The first-order valence-corrected chi connectivity index (χ1v) is 12.5. The Morgan fingerprint density at radius 3 is 2.50 bits per heavy atom. The summed E-state index contributed by atoms with van der Waals surface area (Å²) >= 11 is 0. The van der Waals surface area contributed by atoms with Crippen LogP contribution in [0, 0.1) is 24.2 Å². The predicted octanol–water partition coefficient (Wildman–Crippen LogP) is 4.96. The molecule has 0 radical (unpaired) electrons. The molecule has 0 spiro atoms. The van der Waals surface area contributed by atoms with Gasteiger partial charge in [0.15, 0.2) is 0 Å². The third-order valence-electron chi connectivity index (χ3n) is 6.45. The first-order valence-electron chi connectivity index (χ1n) is 12.5. The van der Waals surface area contributed by atoms with Crippen LogP contribution < -0.4 is 21.7 Å². The van der Waals surface area contributed by atoms with E-state index in [1.165, 1.54) is 18.5 Å². The standard InChI is InChI=1S/C28H29F3N8O/c1-17-6-8-22(38-27(40)37-21-5-3-4-19(15-21)28(29,30)31)14-18(17)7-9-23(32)24-25(33)34-16-35-26(24)36-20-10-12-39(2)13-11-20/h3-6,8,14-16,20,32H,10-13H2,1-2H3,(H2,37,38,40)(H3,33,34,35,36). The highest BCUT2D eigenvalue weighted by Gasteiger charge is 2.30. The number of nitrogens with two attached hydrogens (primary N) is 1. The van der Waals surface area contributed by atoms with Gasteiger partial charge in [-0.3, -0.25) is 5.41 Å². The van der Waals surface area contributed by atoms with Gasteiger partial charge in [-0.1, -0.05) is 18.1 Å². The van der Waals surface area contributed by atoms with Crippen molar-refractivity contribution in [2.45, 2.75) is 32.0 Å². The maximum atomic E-state index is 13.0. The maximum absolute atomic E-state index is 13.0. The van der Waals surface area contributed by atoms with Crippen molar-refractivity contribution in [3.8, 4) is 11.8 Å². The zero-order valence-electron chi connectivity index (χ0n) is 22.0. The lowest BCUT2D eigenvalue weighted by atomic mass is 10.0. The Balaban J connectivity index is 1.48. The zero-order chi connectivity index (χ0) is 28.9. The van der Waals surface area contributed by atoms with Gasteiger partial charge in [0.05, 0.1) is 11.1 Å². The van der Waals surface area contributed by atoms with Crippen molar-refractivity contribution in [3.05, 3.63) is 71.0 Å². The van der Waals surface area contributed by atoms with Crippen molar-refractivity contribution >= 4 is 34.8 Å². The summed E-state index contributed by atoms with van der Waals surface area (Å²) in [5.41, 5.74) is 7.21. The number of urea groups is 1. The fraction of sp³-hybridized carbons (Fsp3) is 0.286. The number of hydrogen-bond acceptors (Lipinski definition) is 7. The van der Waals surface area contributed by atoms with E-state index in [1.54, 1.807) is 18.2 Å². The minimum atomic E-state index is -4.52. The second-order valence-corrected chi connectivity index (χ2v) is 9.52. The minimum Gasteiger partial charge on any atom is -0.383 e. The fourth-order valence-corrected chi connectivity index (χ4v) is 4.19. The lowest BCUT2D eigenvalue weighted by Crippen LogP contribution is -2.37. The highest BCUT2D eigenvalue weighted by atomic mass is 19.4. The zero-order valence-corrected chi connectivity index (χ0v) is 22.0. The van der Waals surface area contributed by atoms with Crippen LogP contribution in [0.3, 0.4) is 0 Å². The summed E-state index contributed by atoms with van der Waals surface area (Å²) in [4.78, 5) is 23.0. The number of alkyl halides is 3. The topological polar surface area (TPSA) is 132 Å². The van der Waals surface area contributed by atoms with Crippen LogP contribution in [0.4, 0.5) is 41.0 Å². The van der Waals surface area contributed by atoms with Crippen molar-refractivity contribution in [3.63, 3.8) is 0 Å². The molecular weight excluding hydrogens is 521 g/mol. The molecule has 6 N–H and O–H groups in total. The van der Waals surface area contributed by atoms with Crippen LogP contribution in [0.15, 0.2) is 48.8 Å². The highest BCUT2D eigenvalue weighted by Crippen LogP contribution is 2.30. The highest BCUT2D eigenvalue weighted by molar-refractivity contribution is 6.16. The number of benzene rings is 2. The quantitative estimate of drug-likeness (QED) is 0.226. The Bertz CT molecular complexity index is 1470. The number of piperidine rings is 1. The number of nitrogens with zero attached hydrogens (tertiary/aromatic N) is 3. The molecule has 0 saturated carbocycles. The van der Waals surface area contributed by atoms with E-state index in [0.717, 1.165) is 43.6 Å². The third kappa shape index (κ3) is 7.27. The van der Waals surface area contributed by atoms with Crippen molar-refractivity contribution in [2.24, 2.45) is 0 Å². The lowest BCUT2D eigenvalue weighted by molar-refractivity contribution is -0.137. The predicted molar refractivity (Wildman–Crippen MR) is 150 cm³/mol. The van der Waals surface area contributed by atoms with Gasteiger partial charge >= 0.3 is 12.2 Å². The van der Waals surface area contributed by atoms with Gasteiger partial charge in [0.1, 0.15) is 23.7 Å². The molecule has 0 bridgehead atoms. The largest absolute Gasteiger partial charge is 0.416 e. The number of amides is 2. The number of nitrogens with one attached hydrogen (secondary N) is 4. The van der Waals surface area contributed by atoms with E-state index in [-0.39, 0.29) is 23.3 Å². The number of carbonyl (C=O) groups is 1. The van der Waals surface area contributed by atoms with Crippen LogP contribution in [-0.2, 0) is 6.18 Å². The Morgan fingerprint density at radius 1 is 1.10 bits per heavy atom. The summed E-state index contributed by atoms with van der Waals surface area (Å²) in [6.45, 7) is 3.73. The monoisotopic (exact) mass is 550 g/mol. The van der Waals surface area contributed by atoms with Crippen molar-refractivity contribution in [1.29, 1.82) is 5.41 Å². The van der Waals surface area contributed by atoms with Gasteiger partial charge < -0.3 is 26.6 Å².